The molecule has 226 valence electrons. The molecule has 3 amide bonds. The highest BCUT2D eigenvalue weighted by Gasteiger charge is 2.72. The highest BCUT2D eigenvalue weighted by atomic mass is 16.5. The number of aliphatic hydroxyl groups excluding tert-OH is 1. The molecule has 10 nitrogen and oxygen atoms in total. The molecule has 10 heteroatoms. The fraction of sp³-hybridized carbons (Fsp3) is 0.594. The largest absolute Gasteiger partial charge is 0.394 e. The molecule has 1 unspecified atom stereocenters. The van der Waals surface area contributed by atoms with Crippen LogP contribution < -0.4 is 0 Å². The van der Waals surface area contributed by atoms with E-state index in [0.29, 0.717) is 45.9 Å². The summed E-state index contributed by atoms with van der Waals surface area (Å²) in [5, 5.41) is 10.5. The number of ether oxygens (including phenoxy) is 2. The van der Waals surface area contributed by atoms with Crippen LogP contribution in [0.15, 0.2) is 54.6 Å². The summed E-state index contributed by atoms with van der Waals surface area (Å²) in [6, 6.07) is 8.25. The molecule has 3 saturated heterocycles. The SMILES string of the molecule is CC(C)[C@H](CO)N1C(=O)[C@@H]2[C@H]3C(=O)N(Cc4ccccc4)CC=C[C@H]3O[C@@]23C=CCN(CCN2CCOCC2)C(=O)C13. The molecule has 6 atom stereocenters. The number of fused-ring (bicyclic) bond motifs is 2. The minimum Gasteiger partial charge on any atom is -0.394 e. The molecule has 1 spiro atoms. The van der Waals surface area contributed by atoms with Crippen molar-refractivity contribution in [3.05, 3.63) is 60.2 Å². The topological polar surface area (TPSA) is 103 Å². The molecule has 1 N–H and O–H groups in total. The summed E-state index contributed by atoms with van der Waals surface area (Å²) >= 11 is 0. The third kappa shape index (κ3) is 4.98. The van der Waals surface area contributed by atoms with Gasteiger partial charge in [-0.15, -0.1) is 0 Å². The number of hydrogen-bond donors (Lipinski definition) is 1. The van der Waals surface area contributed by atoms with Crippen molar-refractivity contribution in [2.45, 2.75) is 44.2 Å². The summed E-state index contributed by atoms with van der Waals surface area (Å²) < 4.78 is 12.2. The van der Waals surface area contributed by atoms with Crippen LogP contribution in [0.25, 0.3) is 0 Å². The predicted molar refractivity (Wildman–Crippen MR) is 155 cm³/mol. The van der Waals surface area contributed by atoms with Gasteiger partial charge in [0.15, 0.2) is 0 Å². The maximum absolute atomic E-state index is 14.5. The van der Waals surface area contributed by atoms with Crippen LogP contribution in [0.3, 0.4) is 0 Å². The Hall–Kier alpha value is -3.05. The monoisotopic (exact) mass is 578 g/mol. The Kier molecular flexibility index (Phi) is 8.24. The number of nitrogens with zero attached hydrogens (tertiary/aromatic N) is 4. The maximum Gasteiger partial charge on any atom is 0.249 e. The van der Waals surface area contributed by atoms with Crippen molar-refractivity contribution in [2.75, 3.05) is 59.1 Å². The maximum atomic E-state index is 14.5. The molecule has 5 heterocycles. The zero-order chi connectivity index (χ0) is 29.4. The zero-order valence-electron chi connectivity index (χ0n) is 24.5. The Morgan fingerprint density at radius 1 is 0.952 bits per heavy atom. The van der Waals surface area contributed by atoms with Crippen molar-refractivity contribution in [2.24, 2.45) is 17.8 Å². The number of rotatable bonds is 8. The van der Waals surface area contributed by atoms with E-state index in [-0.39, 0.29) is 30.2 Å². The molecule has 6 rings (SSSR count). The number of morpholine rings is 1. The molecule has 1 aromatic carbocycles. The molecule has 42 heavy (non-hydrogen) atoms. The smallest absolute Gasteiger partial charge is 0.249 e. The van der Waals surface area contributed by atoms with Crippen LogP contribution in [0.5, 0.6) is 0 Å². The Bertz CT molecular complexity index is 1230. The van der Waals surface area contributed by atoms with Gasteiger partial charge in [0, 0.05) is 45.8 Å². The summed E-state index contributed by atoms with van der Waals surface area (Å²) in [6.07, 6.45) is 6.99. The van der Waals surface area contributed by atoms with E-state index in [2.05, 4.69) is 4.90 Å². The van der Waals surface area contributed by atoms with E-state index in [0.717, 1.165) is 18.7 Å². The average molecular weight is 579 g/mol. The molecule has 0 aromatic heterocycles. The van der Waals surface area contributed by atoms with Crippen LogP contribution in [0.1, 0.15) is 19.4 Å². The van der Waals surface area contributed by atoms with Crippen LogP contribution in [0.4, 0.5) is 0 Å². The fourth-order valence-corrected chi connectivity index (χ4v) is 7.39. The van der Waals surface area contributed by atoms with Crippen molar-refractivity contribution in [3.8, 4) is 0 Å². The number of likely N-dealkylation sites (tertiary alicyclic amines) is 1. The van der Waals surface area contributed by atoms with Crippen LogP contribution >= 0.6 is 0 Å². The molecule has 3 fully saturated rings. The molecular formula is C32H42N4O6. The van der Waals surface area contributed by atoms with Crippen LogP contribution in [0.2, 0.25) is 0 Å². The number of carbonyl (C=O) groups excluding carboxylic acids is 3. The summed E-state index contributed by atoms with van der Waals surface area (Å²) in [6.45, 7) is 9.02. The van der Waals surface area contributed by atoms with Crippen LogP contribution in [-0.2, 0) is 30.4 Å². The van der Waals surface area contributed by atoms with Gasteiger partial charge in [-0.3, -0.25) is 19.3 Å². The Labute approximate surface area is 247 Å². The van der Waals surface area contributed by atoms with Gasteiger partial charge in [-0.1, -0.05) is 68.5 Å². The van der Waals surface area contributed by atoms with Gasteiger partial charge in [0.2, 0.25) is 17.7 Å². The first-order valence-electron chi connectivity index (χ1n) is 15.2. The molecule has 0 saturated carbocycles. The Morgan fingerprint density at radius 3 is 2.40 bits per heavy atom. The summed E-state index contributed by atoms with van der Waals surface area (Å²) in [4.78, 5) is 50.6. The van der Waals surface area contributed by atoms with Crippen molar-refractivity contribution < 1.29 is 29.0 Å². The molecule has 5 aliphatic rings. The second kappa shape index (κ2) is 11.9. The molecule has 1 aromatic rings. The number of aliphatic hydroxyl groups is 1. The quantitative estimate of drug-likeness (QED) is 0.458. The lowest BCUT2D eigenvalue weighted by Gasteiger charge is -2.40. The summed E-state index contributed by atoms with van der Waals surface area (Å²) in [7, 11) is 0. The molecule has 0 bridgehead atoms. The molecule has 0 radical (unpaired) electrons. The van der Waals surface area contributed by atoms with Gasteiger partial charge in [-0.2, -0.15) is 0 Å². The van der Waals surface area contributed by atoms with Crippen LogP contribution in [-0.4, -0.2) is 125 Å². The van der Waals surface area contributed by atoms with Gasteiger partial charge in [0.25, 0.3) is 0 Å². The van der Waals surface area contributed by atoms with Crippen molar-refractivity contribution in [1.29, 1.82) is 0 Å². The normalized spacial score (nSPS) is 32.2. The van der Waals surface area contributed by atoms with Gasteiger partial charge in [-0.25, -0.2) is 0 Å². The van der Waals surface area contributed by atoms with E-state index in [9.17, 15) is 19.5 Å². The first-order chi connectivity index (χ1) is 20.4. The summed E-state index contributed by atoms with van der Waals surface area (Å²) in [5.41, 5.74) is -0.292. The van der Waals surface area contributed by atoms with E-state index in [1.165, 1.54) is 0 Å². The van der Waals surface area contributed by atoms with E-state index in [1.807, 2.05) is 68.5 Å². The number of carbonyl (C=O) groups is 3. The highest BCUT2D eigenvalue weighted by Crippen LogP contribution is 2.54. The molecule has 0 aliphatic carbocycles. The van der Waals surface area contributed by atoms with E-state index >= 15 is 0 Å². The van der Waals surface area contributed by atoms with Crippen molar-refractivity contribution >= 4 is 17.7 Å². The Morgan fingerprint density at radius 2 is 1.69 bits per heavy atom. The van der Waals surface area contributed by atoms with Gasteiger partial charge in [-0.05, 0) is 11.5 Å². The minimum absolute atomic E-state index is 0.105. The second-order valence-electron chi connectivity index (χ2n) is 12.4. The van der Waals surface area contributed by atoms with Gasteiger partial charge in [0.1, 0.15) is 11.6 Å². The standard InChI is InChI=1S/C32H42N4O6/c1-22(2)24(21-37)36-28-31(40)34(15-14-33-16-18-41-19-17-33)13-7-11-32(28)27(30(36)39)26-25(42-32)10-6-12-35(29(26)38)20-23-8-4-3-5-9-23/h3-11,22,24-28,37H,12-21H2,1-2H3/t24-,25+,26-,27-,28?,32-/m0/s1. The third-order valence-corrected chi connectivity index (χ3v) is 9.58. The first-order valence-corrected chi connectivity index (χ1v) is 15.2. The van der Waals surface area contributed by atoms with E-state index in [4.69, 9.17) is 9.47 Å². The van der Waals surface area contributed by atoms with E-state index < -0.39 is 35.6 Å². The zero-order valence-corrected chi connectivity index (χ0v) is 24.5. The Balaban J connectivity index is 1.35. The molecular weight excluding hydrogens is 536 g/mol. The second-order valence-corrected chi connectivity index (χ2v) is 12.4. The van der Waals surface area contributed by atoms with Gasteiger partial charge >= 0.3 is 0 Å². The lowest BCUT2D eigenvalue weighted by molar-refractivity contribution is -0.152. The first kappa shape index (κ1) is 29.0. The number of benzene rings is 1. The number of amides is 3. The highest BCUT2D eigenvalue weighted by molar-refractivity contribution is 6.00. The lowest BCUT2D eigenvalue weighted by Crippen LogP contribution is -2.59. The van der Waals surface area contributed by atoms with Crippen molar-refractivity contribution in [3.63, 3.8) is 0 Å². The third-order valence-electron chi connectivity index (χ3n) is 9.58. The van der Waals surface area contributed by atoms with E-state index in [1.54, 1.807) is 14.7 Å². The van der Waals surface area contributed by atoms with Crippen molar-refractivity contribution in [1.82, 2.24) is 19.6 Å². The average Bonchev–Trinajstić information content (AvgIpc) is 3.31. The predicted octanol–water partition coefficient (Wildman–Crippen LogP) is 0.913. The van der Waals surface area contributed by atoms with Crippen LogP contribution in [0, 0.1) is 17.8 Å². The van der Waals surface area contributed by atoms with Gasteiger partial charge in [0.05, 0.1) is 43.8 Å². The fourth-order valence-electron chi connectivity index (χ4n) is 7.39. The summed E-state index contributed by atoms with van der Waals surface area (Å²) in [5.74, 6) is -2.38. The van der Waals surface area contributed by atoms with Gasteiger partial charge < -0.3 is 29.3 Å². The minimum atomic E-state index is -1.30. The lowest BCUT2D eigenvalue weighted by atomic mass is 9.77. The molecule has 5 aliphatic heterocycles. The number of hydrogen-bond acceptors (Lipinski definition) is 7.